The summed E-state index contributed by atoms with van der Waals surface area (Å²) >= 11 is 0. The fourth-order valence-electron chi connectivity index (χ4n) is 1.84. The van der Waals surface area contributed by atoms with E-state index in [1.165, 1.54) is 18.4 Å². The number of rotatable bonds is 9. The Hall–Kier alpha value is -1.06. The van der Waals surface area contributed by atoms with Crippen molar-refractivity contribution in [3.8, 4) is 5.75 Å². The summed E-state index contributed by atoms with van der Waals surface area (Å²) in [5, 5.41) is 3.42. The van der Waals surface area contributed by atoms with E-state index in [0.717, 1.165) is 44.4 Å². The molecule has 0 saturated heterocycles. The molecule has 1 aromatic carbocycles. The van der Waals surface area contributed by atoms with E-state index in [2.05, 4.69) is 17.4 Å². The first kappa shape index (κ1) is 13.4. The number of benzene rings is 1. The Morgan fingerprint density at radius 1 is 1.17 bits per heavy atom. The van der Waals surface area contributed by atoms with Crippen molar-refractivity contribution in [1.29, 1.82) is 0 Å². The lowest BCUT2D eigenvalue weighted by Crippen LogP contribution is -2.23. The molecule has 3 heteroatoms. The van der Waals surface area contributed by atoms with Gasteiger partial charge in [-0.05, 0) is 49.4 Å². The van der Waals surface area contributed by atoms with Gasteiger partial charge in [-0.25, -0.2) is 0 Å². The molecular formula is C15H23NO2. The molecule has 3 nitrogen and oxygen atoms in total. The second-order valence-electron chi connectivity index (χ2n) is 4.88. The second-order valence-corrected chi connectivity index (χ2v) is 4.88. The van der Waals surface area contributed by atoms with Crippen LogP contribution < -0.4 is 10.1 Å². The van der Waals surface area contributed by atoms with Crippen molar-refractivity contribution in [1.82, 2.24) is 5.32 Å². The minimum Gasteiger partial charge on any atom is -0.492 e. The summed E-state index contributed by atoms with van der Waals surface area (Å²) in [7, 11) is 1.73. The second kappa shape index (κ2) is 7.39. The fourth-order valence-corrected chi connectivity index (χ4v) is 1.84. The van der Waals surface area contributed by atoms with Crippen LogP contribution in [0.15, 0.2) is 24.3 Å². The molecule has 1 aromatic rings. The molecule has 1 N–H and O–H groups in total. The molecule has 0 spiro atoms. The number of nitrogens with one attached hydrogen (secondary N) is 1. The van der Waals surface area contributed by atoms with Crippen LogP contribution in [0.4, 0.5) is 0 Å². The molecule has 0 unspecified atom stereocenters. The van der Waals surface area contributed by atoms with Gasteiger partial charge >= 0.3 is 0 Å². The highest BCUT2D eigenvalue weighted by atomic mass is 16.5. The van der Waals surface area contributed by atoms with Gasteiger partial charge in [0.05, 0.1) is 6.61 Å². The molecule has 0 amide bonds. The largest absolute Gasteiger partial charge is 0.492 e. The molecule has 100 valence electrons. The maximum absolute atomic E-state index is 5.67. The average molecular weight is 249 g/mol. The summed E-state index contributed by atoms with van der Waals surface area (Å²) < 4.78 is 10.7. The Morgan fingerprint density at radius 3 is 2.61 bits per heavy atom. The zero-order valence-corrected chi connectivity index (χ0v) is 11.2. The van der Waals surface area contributed by atoms with Crippen LogP contribution in [0.2, 0.25) is 0 Å². The lowest BCUT2D eigenvalue weighted by Gasteiger charge is -2.08. The van der Waals surface area contributed by atoms with Gasteiger partial charge in [0, 0.05) is 13.7 Å². The van der Waals surface area contributed by atoms with Crippen LogP contribution in [-0.4, -0.2) is 33.4 Å². The van der Waals surface area contributed by atoms with E-state index in [9.17, 15) is 0 Å². The SMILES string of the molecule is COCCc1ccc(OCCNCC2CC2)cc1. The molecule has 1 aliphatic carbocycles. The number of hydrogen-bond donors (Lipinski definition) is 1. The third-order valence-electron chi connectivity index (χ3n) is 3.20. The Bertz CT molecular complexity index is 333. The third-order valence-corrected chi connectivity index (χ3v) is 3.20. The molecule has 1 aliphatic rings. The van der Waals surface area contributed by atoms with Crippen LogP contribution in [0.1, 0.15) is 18.4 Å². The van der Waals surface area contributed by atoms with Crippen molar-refractivity contribution in [2.24, 2.45) is 5.92 Å². The van der Waals surface area contributed by atoms with Crippen molar-refractivity contribution in [2.75, 3.05) is 33.4 Å². The molecule has 0 bridgehead atoms. The van der Waals surface area contributed by atoms with Gasteiger partial charge < -0.3 is 14.8 Å². The lowest BCUT2D eigenvalue weighted by atomic mass is 10.1. The number of hydrogen-bond acceptors (Lipinski definition) is 3. The summed E-state index contributed by atoms with van der Waals surface area (Å²) in [6, 6.07) is 8.27. The molecule has 0 atom stereocenters. The minimum absolute atomic E-state index is 0.740. The third kappa shape index (κ3) is 5.07. The molecular weight excluding hydrogens is 226 g/mol. The molecule has 0 heterocycles. The lowest BCUT2D eigenvalue weighted by molar-refractivity contribution is 0.202. The monoisotopic (exact) mass is 249 g/mol. The van der Waals surface area contributed by atoms with Crippen LogP contribution in [-0.2, 0) is 11.2 Å². The van der Waals surface area contributed by atoms with E-state index in [0.29, 0.717) is 0 Å². The Balaban J connectivity index is 1.59. The quantitative estimate of drug-likeness (QED) is 0.681. The Morgan fingerprint density at radius 2 is 1.94 bits per heavy atom. The summed E-state index contributed by atoms with van der Waals surface area (Å²) in [5.41, 5.74) is 1.29. The Labute approximate surface area is 109 Å². The average Bonchev–Trinajstić information content (AvgIpc) is 3.21. The smallest absolute Gasteiger partial charge is 0.119 e. The van der Waals surface area contributed by atoms with Gasteiger partial charge in [0.25, 0.3) is 0 Å². The molecule has 1 fully saturated rings. The summed E-state index contributed by atoms with van der Waals surface area (Å²) in [6.45, 7) is 3.59. The van der Waals surface area contributed by atoms with Gasteiger partial charge in [-0.2, -0.15) is 0 Å². The highest BCUT2D eigenvalue weighted by Crippen LogP contribution is 2.27. The topological polar surface area (TPSA) is 30.5 Å². The number of methoxy groups -OCH3 is 1. The normalized spacial score (nSPS) is 14.7. The van der Waals surface area contributed by atoms with Crippen molar-refractivity contribution < 1.29 is 9.47 Å². The van der Waals surface area contributed by atoms with Crippen molar-refractivity contribution >= 4 is 0 Å². The van der Waals surface area contributed by atoms with Crippen molar-refractivity contribution in [2.45, 2.75) is 19.3 Å². The minimum atomic E-state index is 0.740. The van der Waals surface area contributed by atoms with Gasteiger partial charge in [0.2, 0.25) is 0 Å². The van der Waals surface area contributed by atoms with E-state index in [-0.39, 0.29) is 0 Å². The van der Waals surface area contributed by atoms with Gasteiger partial charge in [0.15, 0.2) is 0 Å². The van der Waals surface area contributed by atoms with Crippen molar-refractivity contribution in [3.05, 3.63) is 29.8 Å². The van der Waals surface area contributed by atoms with Crippen molar-refractivity contribution in [3.63, 3.8) is 0 Å². The fraction of sp³-hybridized carbons (Fsp3) is 0.600. The molecule has 1 saturated carbocycles. The van der Waals surface area contributed by atoms with E-state index >= 15 is 0 Å². The van der Waals surface area contributed by atoms with Gasteiger partial charge in [0.1, 0.15) is 12.4 Å². The molecule has 0 aromatic heterocycles. The van der Waals surface area contributed by atoms with Gasteiger partial charge in [-0.15, -0.1) is 0 Å². The molecule has 0 aliphatic heterocycles. The van der Waals surface area contributed by atoms with E-state index in [1.54, 1.807) is 7.11 Å². The zero-order chi connectivity index (χ0) is 12.6. The summed E-state index contributed by atoms with van der Waals surface area (Å²) in [4.78, 5) is 0. The molecule has 18 heavy (non-hydrogen) atoms. The zero-order valence-electron chi connectivity index (χ0n) is 11.2. The first-order valence-electron chi connectivity index (χ1n) is 6.80. The van der Waals surface area contributed by atoms with Crippen LogP contribution in [0, 0.1) is 5.92 Å². The first-order valence-corrected chi connectivity index (χ1v) is 6.80. The van der Waals surface area contributed by atoms with Crippen LogP contribution in [0.5, 0.6) is 5.75 Å². The predicted octanol–water partition coefficient (Wildman–Crippen LogP) is 2.25. The van der Waals surface area contributed by atoms with Gasteiger partial charge in [-0.3, -0.25) is 0 Å². The summed E-state index contributed by atoms with van der Waals surface area (Å²) in [5.74, 6) is 1.88. The van der Waals surface area contributed by atoms with Gasteiger partial charge in [-0.1, -0.05) is 12.1 Å². The van der Waals surface area contributed by atoms with Crippen LogP contribution >= 0.6 is 0 Å². The van der Waals surface area contributed by atoms with E-state index in [1.807, 2.05) is 12.1 Å². The van der Waals surface area contributed by atoms with Crippen LogP contribution in [0.25, 0.3) is 0 Å². The first-order chi connectivity index (χ1) is 8.88. The molecule has 0 radical (unpaired) electrons. The van der Waals surface area contributed by atoms with E-state index in [4.69, 9.17) is 9.47 Å². The molecule has 2 rings (SSSR count). The van der Waals surface area contributed by atoms with E-state index < -0.39 is 0 Å². The standard InChI is InChI=1S/C15H23NO2/c1-17-10-8-13-4-6-15(7-5-13)18-11-9-16-12-14-2-3-14/h4-7,14,16H,2-3,8-12H2,1H3. The highest BCUT2D eigenvalue weighted by Gasteiger charge is 2.19. The number of ether oxygens (including phenoxy) is 2. The predicted molar refractivity (Wildman–Crippen MR) is 73.1 cm³/mol. The maximum Gasteiger partial charge on any atom is 0.119 e. The summed E-state index contributed by atoms with van der Waals surface area (Å²) in [6.07, 6.45) is 3.76. The highest BCUT2D eigenvalue weighted by molar-refractivity contribution is 5.27. The maximum atomic E-state index is 5.67. The van der Waals surface area contributed by atoms with Crippen LogP contribution in [0.3, 0.4) is 0 Å². The Kier molecular flexibility index (Phi) is 5.49.